The Hall–Kier alpha value is -8.66. The zero-order chi connectivity index (χ0) is 44.5. The molecule has 2 heterocycles. The van der Waals surface area contributed by atoms with Crippen LogP contribution in [0.4, 0.5) is 11.4 Å². The van der Waals surface area contributed by atoms with E-state index in [0.717, 1.165) is 68.4 Å². The maximum absolute atomic E-state index is 6.67. The van der Waals surface area contributed by atoms with Gasteiger partial charge in [0.2, 0.25) is 0 Å². The van der Waals surface area contributed by atoms with Crippen molar-refractivity contribution < 1.29 is 4.42 Å². The average Bonchev–Trinajstić information content (AvgIpc) is 4.13. The van der Waals surface area contributed by atoms with Gasteiger partial charge in [0, 0.05) is 38.1 Å². The summed E-state index contributed by atoms with van der Waals surface area (Å²) in [5.41, 5.74) is 21.5. The van der Waals surface area contributed by atoms with E-state index in [-0.39, 0.29) is 0 Å². The van der Waals surface area contributed by atoms with Crippen molar-refractivity contribution in [1.29, 1.82) is 0 Å². The molecule has 10 aromatic carbocycles. The molecule has 0 saturated heterocycles. The van der Waals surface area contributed by atoms with Gasteiger partial charge in [-0.3, -0.25) is 0 Å². The number of hydrogen-bond donors (Lipinski definition) is 0. The van der Waals surface area contributed by atoms with Gasteiger partial charge in [-0.25, -0.2) is 0 Å². The third-order valence-corrected chi connectivity index (χ3v) is 15.3. The van der Waals surface area contributed by atoms with Crippen LogP contribution in [0.3, 0.4) is 0 Å². The summed E-state index contributed by atoms with van der Waals surface area (Å²) in [6.45, 7) is 0. The van der Waals surface area contributed by atoms with Crippen molar-refractivity contribution in [2.45, 2.75) is 18.3 Å². The minimum absolute atomic E-state index is 0.409. The molecule has 12 aromatic rings. The summed E-state index contributed by atoms with van der Waals surface area (Å²) in [6.07, 6.45) is 4.39. The SMILES string of the molecule is C1=C(N(c2ccccc2-c2ccc3oc4c5ccccc5ccc4c3c2)c2ccccc2-n2c3ccccc3c3ccccc32)C2=C(CC1)C1(c3ccccc32)c2ccccc2-c2ccccc21. The first-order valence-corrected chi connectivity index (χ1v) is 23.8. The molecule has 3 aliphatic rings. The summed E-state index contributed by atoms with van der Waals surface area (Å²) in [4.78, 5) is 2.61. The van der Waals surface area contributed by atoms with Crippen LogP contribution in [-0.4, -0.2) is 4.57 Å². The van der Waals surface area contributed by atoms with E-state index in [4.69, 9.17) is 4.42 Å². The van der Waals surface area contributed by atoms with Crippen LogP contribution in [0.2, 0.25) is 0 Å². The van der Waals surface area contributed by atoms with E-state index in [2.05, 4.69) is 240 Å². The Morgan fingerprint density at radius 3 is 1.75 bits per heavy atom. The molecule has 0 bridgehead atoms. The average molecular weight is 867 g/mol. The molecular formula is C65H42N2O. The number of furan rings is 1. The van der Waals surface area contributed by atoms with E-state index in [1.807, 2.05) is 0 Å². The van der Waals surface area contributed by atoms with Crippen LogP contribution in [0, 0.1) is 0 Å². The Morgan fingerprint density at radius 2 is 1.01 bits per heavy atom. The van der Waals surface area contributed by atoms with Gasteiger partial charge in [-0.2, -0.15) is 0 Å². The minimum Gasteiger partial charge on any atom is -0.455 e. The van der Waals surface area contributed by atoms with Crippen LogP contribution < -0.4 is 4.90 Å². The molecule has 1 spiro atoms. The van der Waals surface area contributed by atoms with Crippen molar-refractivity contribution in [2.75, 3.05) is 4.90 Å². The van der Waals surface area contributed by atoms with E-state index in [9.17, 15) is 0 Å². The van der Waals surface area contributed by atoms with Gasteiger partial charge in [-0.15, -0.1) is 0 Å². The molecule has 3 aliphatic carbocycles. The molecule has 0 amide bonds. The van der Waals surface area contributed by atoms with Gasteiger partial charge in [0.25, 0.3) is 0 Å². The van der Waals surface area contributed by atoms with Crippen molar-refractivity contribution in [3.63, 3.8) is 0 Å². The molecular weight excluding hydrogens is 825 g/mol. The molecule has 0 aliphatic heterocycles. The highest BCUT2D eigenvalue weighted by atomic mass is 16.3. The molecule has 68 heavy (non-hydrogen) atoms. The summed E-state index contributed by atoms with van der Waals surface area (Å²) in [5, 5.41) is 7.03. The Balaban J connectivity index is 1.02. The minimum atomic E-state index is -0.409. The van der Waals surface area contributed by atoms with Crippen molar-refractivity contribution in [3.8, 4) is 27.9 Å². The number of hydrogen-bond acceptors (Lipinski definition) is 2. The van der Waals surface area contributed by atoms with Crippen LogP contribution in [0.15, 0.2) is 246 Å². The van der Waals surface area contributed by atoms with Gasteiger partial charge < -0.3 is 13.9 Å². The predicted octanol–water partition coefficient (Wildman–Crippen LogP) is 17.1. The predicted molar refractivity (Wildman–Crippen MR) is 282 cm³/mol. The fourth-order valence-electron chi connectivity index (χ4n) is 12.7. The number of benzene rings is 10. The van der Waals surface area contributed by atoms with Gasteiger partial charge in [0.1, 0.15) is 11.2 Å². The standard InChI is InChI=1S/C65H42N2O/c1-2-20-44-41(18-1)36-38-49-51-40-42(37-39-62(51)68-64(44)49)43-19-6-12-30-56(43)67(60-34-16-15-33-59(60)66-57-31-13-7-23-47(57)48-24-8-14-32-58(48)66)61-35-17-29-55-63(61)50-25-5-11-28-54(50)65(55)52-26-9-3-21-45(52)46-22-4-10-27-53(46)65/h1-16,18-28,30-40H,17,29H2. The third-order valence-electron chi connectivity index (χ3n) is 15.3. The number of para-hydroxylation sites is 5. The van der Waals surface area contributed by atoms with Crippen molar-refractivity contribution in [2.24, 2.45) is 0 Å². The van der Waals surface area contributed by atoms with Gasteiger partial charge in [-0.1, -0.05) is 182 Å². The monoisotopic (exact) mass is 866 g/mol. The molecule has 3 heteroatoms. The first-order chi connectivity index (χ1) is 33.8. The third kappa shape index (κ3) is 4.97. The Morgan fingerprint density at radius 1 is 0.441 bits per heavy atom. The lowest BCUT2D eigenvalue weighted by atomic mass is 9.68. The van der Waals surface area contributed by atoms with Gasteiger partial charge in [0.15, 0.2) is 0 Å². The molecule has 0 saturated carbocycles. The highest BCUT2D eigenvalue weighted by Crippen LogP contribution is 2.65. The van der Waals surface area contributed by atoms with Crippen molar-refractivity contribution in [1.82, 2.24) is 4.57 Å². The highest BCUT2D eigenvalue weighted by molar-refractivity contribution is 6.16. The van der Waals surface area contributed by atoms with Gasteiger partial charge in [0.05, 0.1) is 39.2 Å². The fraction of sp³-hybridized carbons (Fsp3) is 0.0462. The zero-order valence-electron chi connectivity index (χ0n) is 37.2. The number of aromatic nitrogens is 1. The maximum Gasteiger partial charge on any atom is 0.143 e. The molecule has 0 radical (unpaired) electrons. The van der Waals surface area contributed by atoms with Gasteiger partial charge in [-0.05, 0) is 111 Å². The van der Waals surface area contributed by atoms with E-state index >= 15 is 0 Å². The summed E-state index contributed by atoms with van der Waals surface area (Å²) < 4.78 is 9.16. The summed E-state index contributed by atoms with van der Waals surface area (Å²) >= 11 is 0. The van der Waals surface area contributed by atoms with E-state index < -0.39 is 5.41 Å². The Bertz CT molecular complexity index is 4080. The van der Waals surface area contributed by atoms with Crippen LogP contribution in [0.25, 0.3) is 88.0 Å². The largest absolute Gasteiger partial charge is 0.455 e. The molecule has 2 aromatic heterocycles. The maximum atomic E-state index is 6.67. The lowest BCUT2D eigenvalue weighted by Gasteiger charge is -2.37. The molecule has 0 unspecified atom stereocenters. The van der Waals surface area contributed by atoms with Crippen LogP contribution in [-0.2, 0) is 5.41 Å². The lowest BCUT2D eigenvalue weighted by Crippen LogP contribution is -2.28. The normalized spacial score (nSPS) is 14.5. The fourth-order valence-corrected chi connectivity index (χ4v) is 12.7. The molecule has 3 nitrogen and oxygen atoms in total. The number of nitrogens with zero attached hydrogens (tertiary/aromatic N) is 2. The van der Waals surface area contributed by atoms with Crippen molar-refractivity contribution in [3.05, 3.63) is 264 Å². The molecule has 15 rings (SSSR count). The molecule has 318 valence electrons. The number of rotatable bonds is 5. The second kappa shape index (κ2) is 14.2. The second-order valence-corrected chi connectivity index (χ2v) is 18.6. The quantitative estimate of drug-likeness (QED) is 0.172. The van der Waals surface area contributed by atoms with Gasteiger partial charge >= 0.3 is 0 Å². The first-order valence-electron chi connectivity index (χ1n) is 23.8. The molecule has 0 atom stereocenters. The second-order valence-electron chi connectivity index (χ2n) is 18.6. The summed E-state index contributed by atoms with van der Waals surface area (Å²) in [6, 6.07) is 83.1. The van der Waals surface area contributed by atoms with Crippen molar-refractivity contribution >= 4 is 71.5 Å². The highest BCUT2D eigenvalue weighted by Gasteiger charge is 2.54. The summed E-state index contributed by atoms with van der Waals surface area (Å²) in [5.74, 6) is 0. The summed E-state index contributed by atoms with van der Waals surface area (Å²) in [7, 11) is 0. The first kappa shape index (κ1) is 37.5. The van der Waals surface area contributed by atoms with Crippen LogP contribution >= 0.6 is 0 Å². The van der Waals surface area contributed by atoms with E-state index in [1.54, 1.807) is 0 Å². The topological polar surface area (TPSA) is 21.3 Å². The molecule has 0 fully saturated rings. The molecule has 0 N–H and O–H groups in total. The number of fused-ring (bicyclic) bond motifs is 17. The van der Waals surface area contributed by atoms with Crippen LogP contribution in [0.5, 0.6) is 0 Å². The number of allylic oxidation sites excluding steroid dienone is 3. The van der Waals surface area contributed by atoms with E-state index in [1.165, 1.54) is 77.4 Å². The lowest BCUT2D eigenvalue weighted by molar-refractivity contribution is 0.672. The number of anilines is 2. The smallest absolute Gasteiger partial charge is 0.143 e. The van der Waals surface area contributed by atoms with E-state index in [0.29, 0.717) is 0 Å². The Labute approximate surface area is 393 Å². The zero-order valence-corrected chi connectivity index (χ0v) is 37.2. The Kier molecular flexibility index (Phi) is 7.83. The van der Waals surface area contributed by atoms with Crippen LogP contribution in [0.1, 0.15) is 35.1 Å².